The molecule has 0 aromatic heterocycles. The molecule has 0 spiro atoms. The van der Waals surface area contributed by atoms with Crippen LogP contribution in [0.4, 0.5) is 13.2 Å². The second-order valence-electron chi connectivity index (χ2n) is 4.62. The van der Waals surface area contributed by atoms with Crippen molar-refractivity contribution in [2.75, 3.05) is 0 Å². The fourth-order valence-corrected chi connectivity index (χ4v) is 2.23. The molecule has 0 heterocycles. The molecule has 1 aromatic rings. The van der Waals surface area contributed by atoms with E-state index >= 15 is 0 Å². The SMILES string of the molecule is CC(C)C[C@@H](N)c1cc(Br)cc(C(F)(F)F)c1O.Cl. The maximum absolute atomic E-state index is 12.7. The van der Waals surface area contributed by atoms with Gasteiger partial charge in [0.05, 0.1) is 5.56 Å². The van der Waals surface area contributed by atoms with Gasteiger partial charge in [-0.15, -0.1) is 12.4 Å². The lowest BCUT2D eigenvalue weighted by molar-refractivity contribution is -0.138. The molecular formula is C12H16BrClF3NO. The highest BCUT2D eigenvalue weighted by Crippen LogP contribution is 2.41. The van der Waals surface area contributed by atoms with Crippen molar-refractivity contribution in [1.29, 1.82) is 0 Å². The van der Waals surface area contributed by atoms with Crippen molar-refractivity contribution in [2.24, 2.45) is 11.7 Å². The zero-order valence-corrected chi connectivity index (χ0v) is 12.9. The summed E-state index contributed by atoms with van der Waals surface area (Å²) in [6, 6.07) is 1.65. The third-order valence-corrected chi connectivity index (χ3v) is 2.99. The molecule has 0 bridgehead atoms. The van der Waals surface area contributed by atoms with Crippen LogP contribution in [0, 0.1) is 5.92 Å². The van der Waals surface area contributed by atoms with E-state index in [-0.39, 0.29) is 28.4 Å². The molecule has 0 saturated carbocycles. The number of nitrogens with two attached hydrogens (primary N) is 1. The summed E-state index contributed by atoms with van der Waals surface area (Å²) < 4.78 is 38.4. The van der Waals surface area contributed by atoms with E-state index in [4.69, 9.17) is 5.73 Å². The van der Waals surface area contributed by atoms with Crippen LogP contribution in [0.5, 0.6) is 5.75 Å². The third-order valence-electron chi connectivity index (χ3n) is 2.53. The summed E-state index contributed by atoms with van der Waals surface area (Å²) in [5, 5.41) is 9.71. The van der Waals surface area contributed by atoms with Crippen LogP contribution in [0.2, 0.25) is 0 Å². The Bertz CT molecular complexity index is 438. The average molecular weight is 363 g/mol. The molecule has 2 nitrogen and oxygen atoms in total. The van der Waals surface area contributed by atoms with Crippen LogP contribution >= 0.6 is 28.3 Å². The predicted molar refractivity (Wildman–Crippen MR) is 74.4 cm³/mol. The standard InChI is InChI=1S/C12H15BrF3NO.ClH/c1-6(2)3-10(17)8-4-7(13)5-9(11(8)18)12(14,15)16;/h4-6,10,18H,3,17H2,1-2H3;1H/t10-;/m1./s1. The molecule has 19 heavy (non-hydrogen) atoms. The molecule has 0 aliphatic heterocycles. The van der Waals surface area contributed by atoms with Crippen molar-refractivity contribution in [3.05, 3.63) is 27.7 Å². The summed E-state index contributed by atoms with van der Waals surface area (Å²) in [4.78, 5) is 0. The van der Waals surface area contributed by atoms with Gasteiger partial charge in [-0.25, -0.2) is 0 Å². The first-order valence-electron chi connectivity index (χ1n) is 5.48. The molecule has 0 aliphatic carbocycles. The molecule has 0 aliphatic rings. The van der Waals surface area contributed by atoms with Gasteiger partial charge in [0.2, 0.25) is 0 Å². The first kappa shape index (κ1) is 18.5. The lowest BCUT2D eigenvalue weighted by Gasteiger charge is -2.19. The van der Waals surface area contributed by atoms with E-state index in [9.17, 15) is 18.3 Å². The van der Waals surface area contributed by atoms with Gasteiger partial charge in [0.15, 0.2) is 0 Å². The summed E-state index contributed by atoms with van der Waals surface area (Å²) in [7, 11) is 0. The summed E-state index contributed by atoms with van der Waals surface area (Å²) in [5.74, 6) is -0.549. The maximum atomic E-state index is 12.7. The molecule has 3 N–H and O–H groups in total. The van der Waals surface area contributed by atoms with E-state index in [0.29, 0.717) is 6.42 Å². The summed E-state index contributed by atoms with van der Waals surface area (Å²) in [6.07, 6.45) is -4.10. The highest BCUT2D eigenvalue weighted by molar-refractivity contribution is 9.10. The van der Waals surface area contributed by atoms with E-state index in [1.165, 1.54) is 6.07 Å². The number of alkyl halides is 3. The van der Waals surface area contributed by atoms with Crippen molar-refractivity contribution in [3.63, 3.8) is 0 Å². The Morgan fingerprint density at radius 2 is 1.84 bits per heavy atom. The zero-order chi connectivity index (χ0) is 14.1. The van der Waals surface area contributed by atoms with E-state index in [0.717, 1.165) is 6.07 Å². The van der Waals surface area contributed by atoms with Gasteiger partial charge in [0.25, 0.3) is 0 Å². The minimum Gasteiger partial charge on any atom is -0.507 e. The van der Waals surface area contributed by atoms with Crippen LogP contribution < -0.4 is 5.73 Å². The molecule has 0 amide bonds. The van der Waals surface area contributed by atoms with Gasteiger partial charge in [-0.1, -0.05) is 29.8 Å². The fraction of sp³-hybridized carbons (Fsp3) is 0.500. The van der Waals surface area contributed by atoms with Gasteiger partial charge in [0, 0.05) is 16.1 Å². The van der Waals surface area contributed by atoms with Gasteiger partial charge >= 0.3 is 6.18 Å². The fourth-order valence-electron chi connectivity index (χ4n) is 1.75. The van der Waals surface area contributed by atoms with E-state index < -0.39 is 23.5 Å². The Morgan fingerprint density at radius 3 is 2.26 bits per heavy atom. The molecule has 1 rings (SSSR count). The molecule has 0 radical (unpaired) electrons. The van der Waals surface area contributed by atoms with Gasteiger partial charge in [-0.3, -0.25) is 0 Å². The minimum absolute atomic E-state index is 0. The van der Waals surface area contributed by atoms with Crippen molar-refractivity contribution in [1.82, 2.24) is 0 Å². The van der Waals surface area contributed by atoms with Crippen LogP contribution in [0.1, 0.15) is 37.4 Å². The van der Waals surface area contributed by atoms with Crippen LogP contribution in [-0.4, -0.2) is 5.11 Å². The van der Waals surface area contributed by atoms with Crippen LogP contribution in [-0.2, 0) is 6.18 Å². The first-order chi connectivity index (χ1) is 8.12. The largest absolute Gasteiger partial charge is 0.507 e. The smallest absolute Gasteiger partial charge is 0.420 e. The number of benzene rings is 1. The van der Waals surface area contributed by atoms with Gasteiger partial charge in [-0.2, -0.15) is 13.2 Å². The zero-order valence-electron chi connectivity index (χ0n) is 10.5. The van der Waals surface area contributed by atoms with E-state index in [1.807, 2.05) is 13.8 Å². The lowest BCUT2D eigenvalue weighted by Crippen LogP contribution is -2.15. The lowest BCUT2D eigenvalue weighted by atomic mass is 9.95. The molecular weight excluding hydrogens is 346 g/mol. The quantitative estimate of drug-likeness (QED) is 0.823. The number of phenolic OH excluding ortho intramolecular Hbond substituents is 1. The van der Waals surface area contributed by atoms with E-state index in [1.54, 1.807) is 0 Å². The number of hydrogen-bond donors (Lipinski definition) is 2. The number of hydrogen-bond acceptors (Lipinski definition) is 2. The molecule has 110 valence electrons. The minimum atomic E-state index is -4.60. The summed E-state index contributed by atoms with van der Waals surface area (Å²) >= 11 is 3.01. The summed E-state index contributed by atoms with van der Waals surface area (Å²) in [6.45, 7) is 3.83. The third kappa shape index (κ3) is 4.85. The number of rotatable bonds is 3. The van der Waals surface area contributed by atoms with Gasteiger partial charge in [-0.05, 0) is 24.5 Å². The molecule has 0 fully saturated rings. The summed E-state index contributed by atoms with van der Waals surface area (Å²) in [5.41, 5.74) is 4.88. The van der Waals surface area contributed by atoms with Crippen molar-refractivity contribution in [2.45, 2.75) is 32.5 Å². The first-order valence-corrected chi connectivity index (χ1v) is 6.27. The topological polar surface area (TPSA) is 46.2 Å². The molecule has 1 atom stereocenters. The maximum Gasteiger partial charge on any atom is 0.420 e. The average Bonchev–Trinajstić information content (AvgIpc) is 2.18. The molecule has 7 heteroatoms. The Balaban J connectivity index is 0.00000324. The number of halogens is 5. The highest BCUT2D eigenvalue weighted by Gasteiger charge is 2.35. The normalized spacial score (nSPS) is 13.3. The van der Waals surface area contributed by atoms with Crippen LogP contribution in [0.15, 0.2) is 16.6 Å². The Hall–Kier alpha value is -0.460. The van der Waals surface area contributed by atoms with Gasteiger partial charge in [0.1, 0.15) is 5.75 Å². The number of aromatic hydroxyl groups is 1. The van der Waals surface area contributed by atoms with Crippen molar-refractivity contribution >= 4 is 28.3 Å². The van der Waals surface area contributed by atoms with Crippen LogP contribution in [0.25, 0.3) is 0 Å². The molecule has 0 saturated heterocycles. The number of phenols is 1. The monoisotopic (exact) mass is 361 g/mol. The van der Waals surface area contributed by atoms with Crippen molar-refractivity contribution in [3.8, 4) is 5.75 Å². The highest BCUT2D eigenvalue weighted by atomic mass is 79.9. The molecule has 0 unspecified atom stereocenters. The second-order valence-corrected chi connectivity index (χ2v) is 5.54. The van der Waals surface area contributed by atoms with E-state index in [2.05, 4.69) is 15.9 Å². The Kier molecular flexibility index (Phi) is 6.65. The predicted octanol–water partition coefficient (Wildman–Crippen LogP) is 4.64. The second kappa shape index (κ2) is 6.81. The van der Waals surface area contributed by atoms with Gasteiger partial charge < -0.3 is 10.8 Å². The van der Waals surface area contributed by atoms with Crippen LogP contribution in [0.3, 0.4) is 0 Å². The Morgan fingerprint density at radius 1 is 1.32 bits per heavy atom. The molecule has 1 aromatic carbocycles. The van der Waals surface area contributed by atoms with Crippen molar-refractivity contribution < 1.29 is 18.3 Å². The Labute approximate surface area is 124 Å².